The molecule has 2 rings (SSSR count). The van der Waals surface area contributed by atoms with Crippen LogP contribution in [0.1, 0.15) is 59.8 Å². The summed E-state index contributed by atoms with van der Waals surface area (Å²) >= 11 is 0. The quantitative estimate of drug-likeness (QED) is 0.315. The van der Waals surface area contributed by atoms with Crippen LogP contribution in [0.2, 0.25) is 13.1 Å². The van der Waals surface area contributed by atoms with Crippen LogP contribution in [0.4, 0.5) is 0 Å². The molecule has 0 saturated heterocycles. The van der Waals surface area contributed by atoms with Gasteiger partial charge in [0.15, 0.2) is 0 Å². The minimum atomic E-state index is -0.352. The zero-order valence-corrected chi connectivity index (χ0v) is 22.2. The van der Waals surface area contributed by atoms with E-state index in [1.165, 1.54) is 23.1 Å². The fraction of sp³-hybridized carbons (Fsp3) is 0.722. The Hall–Kier alpha value is 0.617. The SMILES string of the molecule is CC1=[C-]C(C)C(C)=C1C.C[SiH]C.[Cl-].[Cl-].[Hf+4].[NH-]C(=O)C1CCCCC1. The zero-order valence-electron chi connectivity index (χ0n) is 15.9. The molecule has 0 bridgehead atoms. The summed E-state index contributed by atoms with van der Waals surface area (Å²) in [5, 5.41) is 0. The Balaban J connectivity index is -0.000000130. The van der Waals surface area contributed by atoms with Gasteiger partial charge >= 0.3 is 25.8 Å². The number of hydrogen-bond acceptors (Lipinski definition) is 1. The van der Waals surface area contributed by atoms with Crippen LogP contribution in [0.3, 0.4) is 0 Å². The Kier molecular flexibility index (Phi) is 24.8. The maximum Gasteiger partial charge on any atom is 4.00 e. The molecule has 24 heavy (non-hydrogen) atoms. The van der Waals surface area contributed by atoms with Crippen molar-refractivity contribution in [1.29, 1.82) is 0 Å². The van der Waals surface area contributed by atoms with Gasteiger partial charge in [-0.3, -0.25) is 6.08 Å². The van der Waals surface area contributed by atoms with E-state index in [1.807, 2.05) is 0 Å². The summed E-state index contributed by atoms with van der Waals surface area (Å²) < 4.78 is 0. The molecule has 2 nitrogen and oxygen atoms in total. The molecular weight excluding hydrogens is 524 g/mol. The predicted octanol–water partition coefficient (Wildman–Crippen LogP) is -0.608. The first kappa shape index (κ1) is 32.3. The van der Waals surface area contributed by atoms with Gasteiger partial charge in [-0.25, -0.2) is 5.57 Å². The maximum absolute atomic E-state index is 10.5. The third kappa shape index (κ3) is 12.9. The van der Waals surface area contributed by atoms with Crippen LogP contribution in [0, 0.1) is 17.9 Å². The fourth-order valence-electron chi connectivity index (χ4n) is 2.53. The van der Waals surface area contributed by atoms with Crippen molar-refractivity contribution in [1.82, 2.24) is 0 Å². The molecule has 0 heterocycles. The molecule has 2 aliphatic rings. The first-order valence-electron chi connectivity index (χ1n) is 8.12. The van der Waals surface area contributed by atoms with Crippen molar-refractivity contribution in [3.05, 3.63) is 28.5 Å². The third-order valence-corrected chi connectivity index (χ3v) is 4.21. The van der Waals surface area contributed by atoms with Gasteiger partial charge in [-0.05, 0) is 12.8 Å². The molecule has 1 amide bonds. The molecule has 1 atom stereocenters. The van der Waals surface area contributed by atoms with Crippen LogP contribution in [0.5, 0.6) is 0 Å². The average molecular weight is 556 g/mol. The van der Waals surface area contributed by atoms with E-state index in [2.05, 4.69) is 46.9 Å². The summed E-state index contributed by atoms with van der Waals surface area (Å²) in [6.45, 7) is 13.1. The van der Waals surface area contributed by atoms with Gasteiger partial charge in [-0.1, -0.05) is 59.0 Å². The van der Waals surface area contributed by atoms with Gasteiger partial charge in [-0.2, -0.15) is 11.1 Å². The van der Waals surface area contributed by atoms with Crippen molar-refractivity contribution in [2.75, 3.05) is 0 Å². The Morgan fingerprint density at radius 3 is 1.67 bits per heavy atom. The molecule has 1 saturated carbocycles. The van der Waals surface area contributed by atoms with Crippen molar-refractivity contribution in [2.45, 2.75) is 72.9 Å². The summed E-state index contributed by atoms with van der Waals surface area (Å²) in [7, 11) is 0.750. The Bertz CT molecular complexity index is 394. The molecule has 0 aromatic rings. The Labute approximate surface area is 183 Å². The molecular formula is C18H32Cl2HfNOSi. The second kappa shape index (κ2) is 18.4. The molecule has 137 valence electrons. The van der Waals surface area contributed by atoms with Crippen LogP contribution in [0.25, 0.3) is 5.73 Å². The zero-order chi connectivity index (χ0) is 16.4. The van der Waals surface area contributed by atoms with E-state index in [0.717, 1.165) is 35.2 Å². The maximum atomic E-state index is 10.5. The number of rotatable bonds is 1. The second-order valence-corrected chi connectivity index (χ2v) is 7.23. The van der Waals surface area contributed by atoms with Crippen LogP contribution in [-0.4, -0.2) is 15.4 Å². The van der Waals surface area contributed by atoms with Crippen molar-refractivity contribution < 1.29 is 55.5 Å². The summed E-state index contributed by atoms with van der Waals surface area (Å²) in [4.78, 5) is 10.5. The van der Waals surface area contributed by atoms with E-state index in [9.17, 15) is 4.79 Å². The topological polar surface area (TPSA) is 40.9 Å². The van der Waals surface area contributed by atoms with Crippen molar-refractivity contribution >= 4 is 15.4 Å². The molecule has 0 spiro atoms. The number of carbonyl (C=O) groups is 1. The molecule has 1 unspecified atom stereocenters. The first-order chi connectivity index (χ1) is 9.84. The van der Waals surface area contributed by atoms with Crippen molar-refractivity contribution in [3.8, 4) is 0 Å². The molecule has 0 aromatic heterocycles. The van der Waals surface area contributed by atoms with Gasteiger partial charge < -0.3 is 35.3 Å². The summed E-state index contributed by atoms with van der Waals surface area (Å²) in [6, 6.07) is 0. The third-order valence-electron chi connectivity index (χ3n) is 4.21. The summed E-state index contributed by atoms with van der Waals surface area (Å²) in [5.74, 6) is 0.290. The molecule has 2 aliphatic carbocycles. The van der Waals surface area contributed by atoms with E-state index in [-0.39, 0.29) is 62.5 Å². The smallest absolute Gasteiger partial charge is 1.00 e. The standard InChI is InChI=1S/C9H13.C7H13NO.C2H7Si.2ClH.Hf/c1-6-5-7(2)9(4)8(6)3;8-7(9)6-4-2-1-3-5-6;1-3-2;;;/h6H,1-4H3;6H,1-5H2,(H2,8,9);3H,1-2H3;2*1H;/q-1;;;;;+4/p-3. The first-order valence-corrected chi connectivity index (χ1v) is 10.4. The van der Waals surface area contributed by atoms with Crippen LogP contribution in [-0.2, 0) is 30.6 Å². The molecule has 0 aromatic carbocycles. The largest absolute Gasteiger partial charge is 4.00 e. The van der Waals surface area contributed by atoms with Gasteiger partial charge in [0.25, 0.3) is 0 Å². The summed E-state index contributed by atoms with van der Waals surface area (Å²) in [6.07, 6.45) is 8.83. The monoisotopic (exact) mass is 556 g/mol. The van der Waals surface area contributed by atoms with Crippen LogP contribution >= 0.6 is 0 Å². The number of carbonyl (C=O) groups excluding carboxylic acids is 1. The average Bonchev–Trinajstić information content (AvgIpc) is 2.68. The number of allylic oxidation sites excluding steroid dienone is 4. The fourth-order valence-corrected chi connectivity index (χ4v) is 2.53. The van der Waals surface area contributed by atoms with Gasteiger partial charge in [0, 0.05) is 15.4 Å². The van der Waals surface area contributed by atoms with E-state index in [0.29, 0.717) is 5.92 Å². The number of nitrogens with one attached hydrogen (secondary N) is 1. The molecule has 1 N–H and O–H groups in total. The minimum absolute atomic E-state index is 0. The van der Waals surface area contributed by atoms with Crippen molar-refractivity contribution in [3.63, 3.8) is 0 Å². The van der Waals surface area contributed by atoms with Gasteiger partial charge in [-0.15, -0.1) is 6.92 Å². The van der Waals surface area contributed by atoms with Crippen LogP contribution in [0.15, 0.2) is 16.7 Å². The van der Waals surface area contributed by atoms with E-state index in [4.69, 9.17) is 5.73 Å². The normalized spacial score (nSPS) is 19.1. The van der Waals surface area contributed by atoms with Gasteiger partial charge in [0.1, 0.15) is 0 Å². The number of hydrogen-bond donors (Lipinski definition) is 0. The summed E-state index contributed by atoms with van der Waals surface area (Å²) in [5.41, 5.74) is 11.1. The van der Waals surface area contributed by atoms with E-state index >= 15 is 0 Å². The van der Waals surface area contributed by atoms with Crippen molar-refractivity contribution in [2.24, 2.45) is 11.8 Å². The Morgan fingerprint density at radius 1 is 1.08 bits per heavy atom. The second-order valence-electron chi connectivity index (χ2n) is 6.08. The molecule has 6 heteroatoms. The van der Waals surface area contributed by atoms with Gasteiger partial charge in [0.05, 0.1) is 5.91 Å². The van der Waals surface area contributed by atoms with E-state index < -0.39 is 0 Å². The number of halogens is 2. The molecule has 0 aliphatic heterocycles. The molecule has 1 radical (unpaired) electrons. The van der Waals surface area contributed by atoms with Crippen LogP contribution < -0.4 is 24.8 Å². The number of amides is 1. The molecule has 1 fully saturated rings. The predicted molar refractivity (Wildman–Crippen MR) is 94.7 cm³/mol. The van der Waals surface area contributed by atoms with Gasteiger partial charge in [0.2, 0.25) is 0 Å². The van der Waals surface area contributed by atoms with E-state index in [1.54, 1.807) is 0 Å². The Morgan fingerprint density at radius 2 is 1.50 bits per heavy atom. The minimum Gasteiger partial charge on any atom is -1.00 e.